The summed E-state index contributed by atoms with van der Waals surface area (Å²) in [6.45, 7) is 6.30. The van der Waals surface area contributed by atoms with Gasteiger partial charge in [-0.05, 0) is 44.5 Å². The molecular formula is C17H19NO2. The molecule has 2 rings (SSSR count). The van der Waals surface area contributed by atoms with Crippen molar-refractivity contribution in [3.8, 4) is 5.75 Å². The van der Waals surface area contributed by atoms with Gasteiger partial charge in [0.1, 0.15) is 5.75 Å². The maximum absolute atomic E-state index is 12.6. The van der Waals surface area contributed by atoms with Crippen LogP contribution in [0.1, 0.15) is 34.0 Å². The Labute approximate surface area is 119 Å². The van der Waals surface area contributed by atoms with Crippen molar-refractivity contribution in [1.29, 1.82) is 0 Å². The lowest BCUT2D eigenvalue weighted by Crippen LogP contribution is -2.07. The first-order valence-corrected chi connectivity index (χ1v) is 6.67. The van der Waals surface area contributed by atoms with Crippen LogP contribution < -0.4 is 10.5 Å². The highest BCUT2D eigenvalue weighted by atomic mass is 16.5. The summed E-state index contributed by atoms with van der Waals surface area (Å²) < 4.78 is 5.54. The van der Waals surface area contributed by atoms with Crippen LogP contribution in [0.25, 0.3) is 0 Å². The minimum atomic E-state index is -0.0659. The van der Waals surface area contributed by atoms with E-state index in [2.05, 4.69) is 0 Å². The van der Waals surface area contributed by atoms with Gasteiger partial charge in [-0.15, -0.1) is 0 Å². The lowest BCUT2D eigenvalue weighted by atomic mass is 9.99. The first-order valence-electron chi connectivity index (χ1n) is 6.67. The maximum atomic E-state index is 12.6. The number of rotatable bonds is 4. The summed E-state index contributed by atoms with van der Waals surface area (Å²) in [7, 11) is 0. The largest absolute Gasteiger partial charge is 0.493 e. The minimum absolute atomic E-state index is 0.0659. The highest BCUT2D eigenvalue weighted by Gasteiger charge is 2.15. The van der Waals surface area contributed by atoms with Crippen molar-refractivity contribution < 1.29 is 9.53 Å². The number of hydrogen-bond donors (Lipinski definition) is 1. The molecule has 0 aliphatic carbocycles. The van der Waals surface area contributed by atoms with Crippen LogP contribution >= 0.6 is 0 Å². The second kappa shape index (κ2) is 5.78. The summed E-state index contributed by atoms with van der Waals surface area (Å²) >= 11 is 0. The number of anilines is 1. The highest BCUT2D eigenvalue weighted by molar-refractivity contribution is 6.11. The van der Waals surface area contributed by atoms with E-state index >= 15 is 0 Å². The third-order valence-corrected chi connectivity index (χ3v) is 3.22. The molecule has 0 saturated heterocycles. The Morgan fingerprint density at radius 3 is 2.55 bits per heavy atom. The van der Waals surface area contributed by atoms with Crippen molar-refractivity contribution in [2.24, 2.45) is 0 Å². The van der Waals surface area contributed by atoms with E-state index in [1.807, 2.05) is 45.0 Å². The maximum Gasteiger partial charge on any atom is 0.196 e. The smallest absolute Gasteiger partial charge is 0.196 e. The zero-order valence-corrected chi connectivity index (χ0v) is 12.1. The third kappa shape index (κ3) is 2.82. The molecule has 0 fully saturated rings. The zero-order valence-electron chi connectivity index (χ0n) is 12.1. The molecular weight excluding hydrogens is 250 g/mol. The first kappa shape index (κ1) is 14.1. The van der Waals surface area contributed by atoms with Gasteiger partial charge in [0.15, 0.2) is 5.78 Å². The molecule has 2 aromatic carbocycles. The molecule has 0 heterocycles. The van der Waals surface area contributed by atoms with Crippen LogP contribution in [0.15, 0.2) is 36.4 Å². The standard InChI is InChI=1S/C17H19NO2/c1-4-20-16-8-5-11(2)9-14(16)17(19)13-7-6-12(3)15(18)10-13/h5-10H,4,18H2,1-3H3. The van der Waals surface area contributed by atoms with Gasteiger partial charge in [0.05, 0.1) is 12.2 Å². The predicted octanol–water partition coefficient (Wildman–Crippen LogP) is 3.52. The number of nitrogen functional groups attached to an aromatic ring is 1. The Kier molecular flexibility index (Phi) is 4.08. The van der Waals surface area contributed by atoms with Crippen molar-refractivity contribution in [2.75, 3.05) is 12.3 Å². The number of benzene rings is 2. The lowest BCUT2D eigenvalue weighted by molar-refractivity contribution is 0.103. The van der Waals surface area contributed by atoms with Gasteiger partial charge in [0, 0.05) is 11.3 Å². The molecule has 3 nitrogen and oxygen atoms in total. The Balaban J connectivity index is 2.46. The Morgan fingerprint density at radius 1 is 1.15 bits per heavy atom. The van der Waals surface area contributed by atoms with Crippen LogP contribution in [0.4, 0.5) is 5.69 Å². The molecule has 0 atom stereocenters. The van der Waals surface area contributed by atoms with Crippen LogP contribution in [0.2, 0.25) is 0 Å². The van der Waals surface area contributed by atoms with Crippen molar-refractivity contribution in [2.45, 2.75) is 20.8 Å². The molecule has 104 valence electrons. The average molecular weight is 269 g/mol. The van der Waals surface area contributed by atoms with Gasteiger partial charge < -0.3 is 10.5 Å². The molecule has 20 heavy (non-hydrogen) atoms. The average Bonchev–Trinajstić information content (AvgIpc) is 2.43. The predicted molar refractivity (Wildman–Crippen MR) is 81.4 cm³/mol. The number of carbonyl (C=O) groups excluding carboxylic acids is 1. The molecule has 0 saturated carbocycles. The number of nitrogens with two attached hydrogens (primary N) is 1. The number of carbonyl (C=O) groups is 1. The van der Waals surface area contributed by atoms with Gasteiger partial charge in [-0.2, -0.15) is 0 Å². The van der Waals surface area contributed by atoms with Crippen LogP contribution in [0.5, 0.6) is 5.75 Å². The molecule has 0 aliphatic rings. The number of ether oxygens (including phenoxy) is 1. The number of hydrogen-bond acceptors (Lipinski definition) is 3. The molecule has 0 aliphatic heterocycles. The third-order valence-electron chi connectivity index (χ3n) is 3.22. The highest BCUT2D eigenvalue weighted by Crippen LogP contribution is 2.24. The monoisotopic (exact) mass is 269 g/mol. The van der Waals surface area contributed by atoms with Crippen molar-refractivity contribution in [3.63, 3.8) is 0 Å². The SMILES string of the molecule is CCOc1ccc(C)cc1C(=O)c1ccc(C)c(N)c1. The van der Waals surface area contributed by atoms with Crippen LogP contribution in [0, 0.1) is 13.8 Å². The molecule has 0 spiro atoms. The van der Waals surface area contributed by atoms with Crippen molar-refractivity contribution >= 4 is 11.5 Å². The fourth-order valence-corrected chi connectivity index (χ4v) is 2.04. The second-order valence-corrected chi connectivity index (χ2v) is 4.83. The number of ketones is 1. The van der Waals surface area contributed by atoms with E-state index in [1.54, 1.807) is 12.1 Å². The van der Waals surface area contributed by atoms with E-state index in [0.29, 0.717) is 29.2 Å². The van der Waals surface area contributed by atoms with Crippen LogP contribution in [-0.4, -0.2) is 12.4 Å². The summed E-state index contributed by atoms with van der Waals surface area (Å²) in [4.78, 5) is 12.6. The molecule has 2 aromatic rings. The van der Waals surface area contributed by atoms with Crippen molar-refractivity contribution in [3.05, 3.63) is 58.7 Å². The quantitative estimate of drug-likeness (QED) is 0.682. The molecule has 0 aromatic heterocycles. The topological polar surface area (TPSA) is 52.3 Å². The normalized spacial score (nSPS) is 10.3. The number of aryl methyl sites for hydroxylation is 2. The van der Waals surface area contributed by atoms with Gasteiger partial charge in [-0.1, -0.05) is 23.8 Å². The zero-order chi connectivity index (χ0) is 14.7. The van der Waals surface area contributed by atoms with E-state index in [0.717, 1.165) is 11.1 Å². The Hall–Kier alpha value is -2.29. The molecule has 0 amide bonds. The summed E-state index contributed by atoms with van der Waals surface area (Å²) in [5.41, 5.74) is 9.66. The van der Waals surface area contributed by atoms with Gasteiger partial charge in [0.2, 0.25) is 0 Å². The summed E-state index contributed by atoms with van der Waals surface area (Å²) in [6.07, 6.45) is 0. The van der Waals surface area contributed by atoms with Gasteiger partial charge in [-0.25, -0.2) is 0 Å². The van der Waals surface area contributed by atoms with Crippen molar-refractivity contribution in [1.82, 2.24) is 0 Å². The van der Waals surface area contributed by atoms with Gasteiger partial charge in [-0.3, -0.25) is 4.79 Å². The van der Waals surface area contributed by atoms with Crippen LogP contribution in [-0.2, 0) is 0 Å². The van der Waals surface area contributed by atoms with E-state index in [9.17, 15) is 4.79 Å². The van der Waals surface area contributed by atoms with Crippen LogP contribution in [0.3, 0.4) is 0 Å². The molecule has 0 radical (unpaired) electrons. The van der Waals surface area contributed by atoms with E-state index < -0.39 is 0 Å². The second-order valence-electron chi connectivity index (χ2n) is 4.83. The van der Waals surface area contributed by atoms with Gasteiger partial charge >= 0.3 is 0 Å². The van der Waals surface area contributed by atoms with E-state index in [-0.39, 0.29) is 5.78 Å². The fraction of sp³-hybridized carbons (Fsp3) is 0.235. The van der Waals surface area contributed by atoms with E-state index in [4.69, 9.17) is 10.5 Å². The molecule has 0 unspecified atom stereocenters. The summed E-state index contributed by atoms with van der Waals surface area (Å²) in [6, 6.07) is 11.0. The first-order chi connectivity index (χ1) is 9.52. The molecule has 0 bridgehead atoms. The van der Waals surface area contributed by atoms with Gasteiger partial charge in [0.25, 0.3) is 0 Å². The summed E-state index contributed by atoms with van der Waals surface area (Å²) in [5, 5.41) is 0. The Bertz CT molecular complexity index is 647. The Morgan fingerprint density at radius 2 is 1.90 bits per heavy atom. The molecule has 2 N–H and O–H groups in total. The summed E-state index contributed by atoms with van der Waals surface area (Å²) in [5.74, 6) is 0.547. The fourth-order valence-electron chi connectivity index (χ4n) is 2.04. The minimum Gasteiger partial charge on any atom is -0.493 e. The lowest BCUT2D eigenvalue weighted by Gasteiger charge is -2.11. The van der Waals surface area contributed by atoms with E-state index in [1.165, 1.54) is 0 Å². The molecule has 3 heteroatoms.